The lowest BCUT2D eigenvalue weighted by atomic mass is 10.1. The number of phenols is 1. The summed E-state index contributed by atoms with van der Waals surface area (Å²) in [6, 6.07) is 9.28. The molecule has 3 heteroatoms. The molecule has 2 aromatic rings. The Kier molecular flexibility index (Phi) is 3.62. The van der Waals surface area contributed by atoms with Gasteiger partial charge in [-0.1, -0.05) is 33.6 Å². The lowest BCUT2D eigenvalue weighted by Gasteiger charge is -2.14. The van der Waals surface area contributed by atoms with Crippen molar-refractivity contribution in [2.45, 2.75) is 20.8 Å². The predicted octanol–water partition coefficient (Wildman–Crippen LogP) is 4.87. The van der Waals surface area contributed by atoms with E-state index >= 15 is 0 Å². The van der Waals surface area contributed by atoms with Gasteiger partial charge in [-0.2, -0.15) is 0 Å². The minimum Gasteiger partial charge on any atom is -0.504 e. The van der Waals surface area contributed by atoms with Crippen molar-refractivity contribution in [3.63, 3.8) is 0 Å². The summed E-state index contributed by atoms with van der Waals surface area (Å²) in [4.78, 5) is 0. The fourth-order valence-corrected chi connectivity index (χ4v) is 2.35. The first kappa shape index (κ1) is 13.0. The quantitative estimate of drug-likeness (QED) is 0.857. The van der Waals surface area contributed by atoms with E-state index in [0.29, 0.717) is 5.75 Å². The van der Waals surface area contributed by atoms with E-state index in [9.17, 15) is 5.11 Å². The van der Waals surface area contributed by atoms with Gasteiger partial charge in [0.2, 0.25) is 0 Å². The molecule has 0 unspecified atom stereocenters. The highest BCUT2D eigenvalue weighted by Gasteiger charge is 2.09. The maximum absolute atomic E-state index is 9.79. The van der Waals surface area contributed by atoms with Crippen LogP contribution in [0.3, 0.4) is 0 Å². The maximum Gasteiger partial charge on any atom is 0.170 e. The molecule has 0 aliphatic heterocycles. The van der Waals surface area contributed by atoms with Crippen LogP contribution in [-0.4, -0.2) is 5.11 Å². The van der Waals surface area contributed by atoms with Crippen LogP contribution in [0.1, 0.15) is 16.7 Å². The molecule has 0 saturated heterocycles. The summed E-state index contributed by atoms with van der Waals surface area (Å²) < 4.78 is 6.70. The number of halogens is 1. The van der Waals surface area contributed by atoms with Gasteiger partial charge in [-0.3, -0.25) is 0 Å². The fraction of sp³-hybridized carbons (Fsp3) is 0.200. The first-order chi connectivity index (χ1) is 8.47. The summed E-state index contributed by atoms with van der Waals surface area (Å²) >= 11 is 3.37. The predicted molar refractivity (Wildman–Crippen MR) is 76.5 cm³/mol. The average Bonchev–Trinajstić information content (AvgIpc) is 2.28. The smallest absolute Gasteiger partial charge is 0.170 e. The highest BCUT2D eigenvalue weighted by atomic mass is 79.9. The topological polar surface area (TPSA) is 29.5 Å². The van der Waals surface area contributed by atoms with Crippen LogP contribution >= 0.6 is 15.9 Å². The molecular formula is C15H15BrO2. The number of ether oxygens (including phenoxy) is 1. The SMILES string of the molecule is Cc1cc(C)c(Oc2cc(Br)ccc2O)c(C)c1. The molecule has 0 amide bonds. The minimum atomic E-state index is 0.137. The van der Waals surface area contributed by atoms with Crippen molar-refractivity contribution >= 4 is 15.9 Å². The van der Waals surface area contributed by atoms with Gasteiger partial charge in [0.25, 0.3) is 0 Å². The number of phenolic OH excluding ortho intramolecular Hbond substituents is 1. The molecule has 1 N–H and O–H groups in total. The van der Waals surface area contributed by atoms with E-state index in [-0.39, 0.29) is 5.75 Å². The molecule has 0 bridgehead atoms. The van der Waals surface area contributed by atoms with Crippen LogP contribution in [0.25, 0.3) is 0 Å². The molecule has 0 atom stereocenters. The van der Waals surface area contributed by atoms with Crippen molar-refractivity contribution in [1.82, 2.24) is 0 Å². The zero-order valence-electron chi connectivity index (χ0n) is 10.6. The Labute approximate surface area is 115 Å². The van der Waals surface area contributed by atoms with E-state index < -0.39 is 0 Å². The molecule has 0 saturated carbocycles. The second-order valence-corrected chi connectivity index (χ2v) is 5.36. The summed E-state index contributed by atoms with van der Waals surface area (Å²) in [5, 5.41) is 9.79. The van der Waals surface area contributed by atoms with E-state index in [1.807, 2.05) is 13.8 Å². The number of benzene rings is 2. The van der Waals surface area contributed by atoms with Crippen LogP contribution < -0.4 is 4.74 Å². The summed E-state index contributed by atoms with van der Waals surface area (Å²) in [5.41, 5.74) is 3.33. The fourth-order valence-electron chi connectivity index (χ4n) is 2.01. The van der Waals surface area contributed by atoms with Crippen LogP contribution in [-0.2, 0) is 0 Å². The first-order valence-electron chi connectivity index (χ1n) is 5.71. The van der Waals surface area contributed by atoms with Gasteiger partial charge in [0.1, 0.15) is 5.75 Å². The Hall–Kier alpha value is -1.48. The van der Waals surface area contributed by atoms with Crippen molar-refractivity contribution in [2.24, 2.45) is 0 Å². The number of hydrogen-bond donors (Lipinski definition) is 1. The van der Waals surface area contributed by atoms with Crippen molar-refractivity contribution in [1.29, 1.82) is 0 Å². The molecule has 2 aromatic carbocycles. The third kappa shape index (κ3) is 2.67. The molecule has 18 heavy (non-hydrogen) atoms. The van der Waals surface area contributed by atoms with E-state index in [4.69, 9.17) is 4.74 Å². The first-order valence-corrected chi connectivity index (χ1v) is 6.51. The normalized spacial score (nSPS) is 10.4. The third-order valence-corrected chi connectivity index (χ3v) is 3.23. The van der Waals surface area contributed by atoms with Crippen LogP contribution in [0.15, 0.2) is 34.8 Å². The summed E-state index contributed by atoms with van der Waals surface area (Å²) in [7, 11) is 0. The third-order valence-electron chi connectivity index (χ3n) is 2.74. The summed E-state index contributed by atoms with van der Waals surface area (Å²) in [6.45, 7) is 6.06. The number of hydrogen-bond acceptors (Lipinski definition) is 2. The second-order valence-electron chi connectivity index (χ2n) is 4.44. The minimum absolute atomic E-state index is 0.137. The lowest BCUT2D eigenvalue weighted by Crippen LogP contribution is -1.92. The zero-order valence-corrected chi connectivity index (χ0v) is 12.2. The van der Waals surface area contributed by atoms with Crippen LogP contribution in [0.4, 0.5) is 0 Å². The molecule has 0 heterocycles. The monoisotopic (exact) mass is 306 g/mol. The van der Waals surface area contributed by atoms with E-state index in [2.05, 4.69) is 35.0 Å². The van der Waals surface area contributed by atoms with Crippen LogP contribution in [0, 0.1) is 20.8 Å². The molecule has 2 nitrogen and oxygen atoms in total. The molecule has 0 fully saturated rings. The molecular weight excluding hydrogens is 292 g/mol. The highest BCUT2D eigenvalue weighted by molar-refractivity contribution is 9.10. The number of aromatic hydroxyl groups is 1. The Balaban J connectivity index is 2.43. The van der Waals surface area contributed by atoms with Gasteiger partial charge in [0.15, 0.2) is 11.5 Å². The van der Waals surface area contributed by atoms with Crippen molar-refractivity contribution < 1.29 is 9.84 Å². The average molecular weight is 307 g/mol. The van der Waals surface area contributed by atoms with Gasteiger partial charge in [0, 0.05) is 4.47 Å². The van der Waals surface area contributed by atoms with Gasteiger partial charge in [0.05, 0.1) is 0 Å². The Bertz CT molecular complexity index is 568. The van der Waals surface area contributed by atoms with Crippen molar-refractivity contribution in [2.75, 3.05) is 0 Å². The molecule has 0 aliphatic carbocycles. The number of aryl methyl sites for hydroxylation is 3. The summed E-state index contributed by atoms with van der Waals surface area (Å²) in [6.07, 6.45) is 0. The summed E-state index contributed by atoms with van der Waals surface area (Å²) in [5.74, 6) is 1.39. The second kappa shape index (κ2) is 5.02. The lowest BCUT2D eigenvalue weighted by molar-refractivity contribution is 0.408. The van der Waals surface area contributed by atoms with Gasteiger partial charge >= 0.3 is 0 Å². The van der Waals surface area contributed by atoms with Crippen molar-refractivity contribution in [3.05, 3.63) is 51.5 Å². The van der Waals surface area contributed by atoms with Crippen LogP contribution in [0.2, 0.25) is 0 Å². The van der Waals surface area contributed by atoms with Crippen molar-refractivity contribution in [3.8, 4) is 17.2 Å². The van der Waals surface area contributed by atoms with Gasteiger partial charge < -0.3 is 9.84 Å². The Morgan fingerprint density at radius 2 is 1.61 bits per heavy atom. The number of rotatable bonds is 2. The van der Waals surface area contributed by atoms with E-state index in [0.717, 1.165) is 21.3 Å². The molecule has 2 rings (SSSR count). The Morgan fingerprint density at radius 1 is 1.00 bits per heavy atom. The molecule has 0 radical (unpaired) electrons. The largest absolute Gasteiger partial charge is 0.504 e. The zero-order chi connectivity index (χ0) is 13.3. The molecule has 0 spiro atoms. The van der Waals surface area contributed by atoms with E-state index in [1.165, 1.54) is 5.56 Å². The molecule has 94 valence electrons. The van der Waals surface area contributed by atoms with E-state index in [1.54, 1.807) is 18.2 Å². The van der Waals surface area contributed by atoms with Gasteiger partial charge in [-0.05, 0) is 50.1 Å². The van der Waals surface area contributed by atoms with Gasteiger partial charge in [-0.15, -0.1) is 0 Å². The standard InChI is InChI=1S/C15H15BrO2/c1-9-6-10(2)15(11(3)7-9)18-14-8-12(16)4-5-13(14)17/h4-8,17H,1-3H3. The molecule has 0 aliphatic rings. The highest BCUT2D eigenvalue weighted by Crippen LogP contribution is 2.36. The van der Waals surface area contributed by atoms with Crippen LogP contribution in [0.5, 0.6) is 17.2 Å². The Morgan fingerprint density at radius 3 is 2.22 bits per heavy atom. The van der Waals surface area contributed by atoms with Gasteiger partial charge in [-0.25, -0.2) is 0 Å². The molecule has 0 aromatic heterocycles. The maximum atomic E-state index is 9.79.